The van der Waals surface area contributed by atoms with Gasteiger partial charge in [-0.3, -0.25) is 4.79 Å². The van der Waals surface area contributed by atoms with Gasteiger partial charge in [0.1, 0.15) is 0 Å². The molecular weight excluding hydrogens is 362 g/mol. The van der Waals surface area contributed by atoms with E-state index in [0.717, 1.165) is 38.4 Å². The number of amides is 1. The summed E-state index contributed by atoms with van der Waals surface area (Å²) < 4.78 is 11.5. The Kier molecular flexibility index (Phi) is 5.15. The van der Waals surface area contributed by atoms with Crippen molar-refractivity contribution in [2.45, 2.75) is 56.1 Å². The average Bonchev–Trinajstić information content (AvgIpc) is 3.56. The van der Waals surface area contributed by atoms with Crippen LogP contribution in [0.15, 0.2) is 48.5 Å². The quantitative estimate of drug-likeness (QED) is 0.787. The standard InChI is InChI=1S/C25H29NO3/c27-23-16-25(17-26-23,13-12-24-28-14-3-15-29-24)20-10-8-19(9-11-20)22-5-2-1-4-21(22)18-6-7-18/h1-2,4-5,8-11,18,24H,3,6-7,12-17H2,(H,26,27). The summed E-state index contributed by atoms with van der Waals surface area (Å²) in [6, 6.07) is 17.7. The van der Waals surface area contributed by atoms with Crippen LogP contribution in [0.25, 0.3) is 11.1 Å². The Morgan fingerprint density at radius 3 is 2.45 bits per heavy atom. The third kappa shape index (κ3) is 3.96. The fraction of sp³-hybridized carbons (Fsp3) is 0.480. The molecule has 1 amide bonds. The van der Waals surface area contributed by atoms with Crippen LogP contribution < -0.4 is 5.32 Å². The number of hydrogen-bond donors (Lipinski definition) is 1. The molecule has 1 unspecified atom stereocenters. The van der Waals surface area contributed by atoms with E-state index in [1.54, 1.807) is 0 Å². The van der Waals surface area contributed by atoms with E-state index in [1.807, 2.05) is 0 Å². The summed E-state index contributed by atoms with van der Waals surface area (Å²) in [5.74, 6) is 0.864. The molecule has 3 aliphatic rings. The van der Waals surface area contributed by atoms with E-state index in [1.165, 1.54) is 35.1 Å². The zero-order valence-electron chi connectivity index (χ0n) is 16.9. The van der Waals surface area contributed by atoms with Crippen LogP contribution in [0.3, 0.4) is 0 Å². The molecule has 4 nitrogen and oxygen atoms in total. The summed E-state index contributed by atoms with van der Waals surface area (Å²) in [5, 5.41) is 3.05. The number of nitrogens with one attached hydrogen (secondary N) is 1. The van der Waals surface area contributed by atoms with Gasteiger partial charge >= 0.3 is 0 Å². The molecule has 29 heavy (non-hydrogen) atoms. The van der Waals surface area contributed by atoms with Crippen LogP contribution in [-0.4, -0.2) is 32.0 Å². The molecule has 1 saturated carbocycles. The van der Waals surface area contributed by atoms with Gasteiger partial charge in [-0.1, -0.05) is 48.5 Å². The molecule has 0 radical (unpaired) electrons. The predicted molar refractivity (Wildman–Crippen MR) is 113 cm³/mol. The van der Waals surface area contributed by atoms with Crippen LogP contribution >= 0.6 is 0 Å². The van der Waals surface area contributed by atoms with E-state index in [4.69, 9.17) is 9.47 Å². The lowest BCUT2D eigenvalue weighted by Gasteiger charge is -2.31. The normalized spacial score (nSPS) is 25.2. The summed E-state index contributed by atoms with van der Waals surface area (Å²) in [5.41, 5.74) is 5.15. The highest BCUT2D eigenvalue weighted by Gasteiger charge is 2.40. The Hall–Kier alpha value is -2.17. The van der Waals surface area contributed by atoms with E-state index in [0.29, 0.717) is 13.0 Å². The Morgan fingerprint density at radius 2 is 1.76 bits per heavy atom. The Labute approximate surface area is 172 Å². The number of carbonyl (C=O) groups is 1. The van der Waals surface area contributed by atoms with Crippen LogP contribution in [0.4, 0.5) is 0 Å². The smallest absolute Gasteiger partial charge is 0.220 e. The van der Waals surface area contributed by atoms with Crippen molar-refractivity contribution >= 4 is 5.91 Å². The van der Waals surface area contributed by atoms with Crippen molar-refractivity contribution < 1.29 is 14.3 Å². The first-order valence-electron chi connectivity index (χ1n) is 10.9. The van der Waals surface area contributed by atoms with Gasteiger partial charge < -0.3 is 14.8 Å². The van der Waals surface area contributed by atoms with Crippen molar-refractivity contribution in [2.75, 3.05) is 19.8 Å². The van der Waals surface area contributed by atoms with Crippen molar-refractivity contribution in [2.24, 2.45) is 0 Å². The summed E-state index contributed by atoms with van der Waals surface area (Å²) in [6.07, 6.45) is 5.67. The Balaban J connectivity index is 1.38. The highest BCUT2D eigenvalue weighted by Crippen LogP contribution is 2.45. The van der Waals surface area contributed by atoms with Crippen molar-refractivity contribution in [3.8, 4) is 11.1 Å². The molecule has 4 heteroatoms. The van der Waals surface area contributed by atoms with Crippen LogP contribution in [0.1, 0.15) is 55.6 Å². The zero-order valence-corrected chi connectivity index (χ0v) is 16.9. The lowest BCUT2D eigenvalue weighted by atomic mass is 9.75. The van der Waals surface area contributed by atoms with Crippen LogP contribution in [0.5, 0.6) is 0 Å². The predicted octanol–water partition coefficient (Wildman–Crippen LogP) is 4.53. The second-order valence-corrected chi connectivity index (χ2v) is 8.74. The fourth-order valence-electron chi connectivity index (χ4n) is 4.84. The molecule has 2 aromatic rings. The highest BCUT2D eigenvalue weighted by atomic mass is 16.7. The van der Waals surface area contributed by atoms with E-state index >= 15 is 0 Å². The maximum absolute atomic E-state index is 12.1. The first-order chi connectivity index (χ1) is 14.2. The van der Waals surface area contributed by atoms with Gasteiger partial charge in [0.15, 0.2) is 6.29 Å². The minimum atomic E-state index is -0.171. The number of rotatable bonds is 6. The van der Waals surface area contributed by atoms with Crippen molar-refractivity contribution in [1.29, 1.82) is 0 Å². The number of ether oxygens (including phenoxy) is 2. The van der Waals surface area contributed by atoms with Gasteiger partial charge in [-0.15, -0.1) is 0 Å². The summed E-state index contributed by atoms with van der Waals surface area (Å²) in [6.45, 7) is 2.23. The first-order valence-corrected chi connectivity index (χ1v) is 10.9. The van der Waals surface area contributed by atoms with Gasteiger partial charge in [0, 0.05) is 18.4 Å². The van der Waals surface area contributed by atoms with Gasteiger partial charge in [0.25, 0.3) is 0 Å². The maximum atomic E-state index is 12.1. The second-order valence-electron chi connectivity index (χ2n) is 8.74. The lowest BCUT2D eigenvalue weighted by molar-refractivity contribution is -0.183. The van der Waals surface area contributed by atoms with Crippen LogP contribution in [-0.2, 0) is 19.7 Å². The molecule has 0 aromatic heterocycles. The largest absolute Gasteiger partial charge is 0.355 e. The summed E-state index contributed by atoms with van der Waals surface area (Å²) in [7, 11) is 0. The minimum Gasteiger partial charge on any atom is -0.355 e. The van der Waals surface area contributed by atoms with Crippen LogP contribution in [0.2, 0.25) is 0 Å². The topological polar surface area (TPSA) is 47.6 Å². The van der Waals surface area contributed by atoms with Gasteiger partial charge in [-0.25, -0.2) is 0 Å². The van der Waals surface area contributed by atoms with Gasteiger partial charge in [-0.2, -0.15) is 0 Å². The van der Waals surface area contributed by atoms with E-state index < -0.39 is 0 Å². The van der Waals surface area contributed by atoms with Crippen molar-refractivity contribution in [1.82, 2.24) is 5.32 Å². The molecule has 2 aromatic carbocycles. The lowest BCUT2D eigenvalue weighted by Crippen LogP contribution is -2.32. The average molecular weight is 392 g/mol. The van der Waals surface area contributed by atoms with Gasteiger partial charge in [0.2, 0.25) is 5.91 Å². The third-order valence-corrected chi connectivity index (χ3v) is 6.66. The fourth-order valence-corrected chi connectivity index (χ4v) is 4.84. The Bertz CT molecular complexity index is 868. The molecule has 1 atom stereocenters. The summed E-state index contributed by atoms with van der Waals surface area (Å²) in [4.78, 5) is 12.1. The monoisotopic (exact) mass is 391 g/mol. The minimum absolute atomic E-state index is 0.138. The number of hydrogen-bond acceptors (Lipinski definition) is 3. The van der Waals surface area contributed by atoms with E-state index in [-0.39, 0.29) is 17.6 Å². The van der Waals surface area contributed by atoms with Gasteiger partial charge in [-0.05, 0) is 60.3 Å². The van der Waals surface area contributed by atoms with Crippen LogP contribution in [0, 0.1) is 0 Å². The SMILES string of the molecule is O=C1CC(CCC2OCCCO2)(c2ccc(-c3ccccc3C3CC3)cc2)CN1. The molecule has 152 valence electrons. The zero-order chi connectivity index (χ0) is 19.7. The van der Waals surface area contributed by atoms with Gasteiger partial charge in [0.05, 0.1) is 13.2 Å². The number of benzene rings is 2. The molecule has 1 N–H and O–H groups in total. The molecule has 5 rings (SSSR count). The van der Waals surface area contributed by atoms with E-state index in [2.05, 4.69) is 53.8 Å². The molecule has 0 spiro atoms. The molecule has 2 aliphatic heterocycles. The Morgan fingerprint density at radius 1 is 1.00 bits per heavy atom. The third-order valence-electron chi connectivity index (χ3n) is 6.66. The van der Waals surface area contributed by atoms with Crippen molar-refractivity contribution in [3.63, 3.8) is 0 Å². The molecular formula is C25H29NO3. The molecule has 3 fully saturated rings. The van der Waals surface area contributed by atoms with Crippen molar-refractivity contribution in [3.05, 3.63) is 59.7 Å². The second kappa shape index (κ2) is 7.92. The highest BCUT2D eigenvalue weighted by molar-refractivity contribution is 5.81. The molecule has 2 heterocycles. The summed E-state index contributed by atoms with van der Waals surface area (Å²) >= 11 is 0. The molecule has 2 saturated heterocycles. The number of carbonyl (C=O) groups excluding carboxylic acids is 1. The first kappa shape index (κ1) is 18.8. The molecule has 0 bridgehead atoms. The molecule has 1 aliphatic carbocycles. The maximum Gasteiger partial charge on any atom is 0.220 e. The van der Waals surface area contributed by atoms with E-state index in [9.17, 15) is 4.79 Å².